The highest BCUT2D eigenvalue weighted by molar-refractivity contribution is 9.10. The average Bonchev–Trinajstić information content (AvgIpc) is 2.89. The van der Waals surface area contributed by atoms with Gasteiger partial charge < -0.3 is 5.32 Å². The fourth-order valence-corrected chi connectivity index (χ4v) is 2.41. The molecule has 1 aromatic carbocycles. The van der Waals surface area contributed by atoms with E-state index in [0.29, 0.717) is 5.16 Å². The number of benzene rings is 1. The SMILES string of the molecule is CCc1nc(SCC(=O)Nc2ccc(Br)c(C)c2)n[nH]1. The normalized spacial score (nSPS) is 10.6. The maximum Gasteiger partial charge on any atom is 0.234 e. The van der Waals surface area contributed by atoms with E-state index in [4.69, 9.17) is 0 Å². The van der Waals surface area contributed by atoms with Gasteiger partial charge in [0.1, 0.15) is 5.82 Å². The Bertz CT molecular complexity index is 614. The van der Waals surface area contributed by atoms with Crippen LogP contribution in [0.1, 0.15) is 18.3 Å². The lowest BCUT2D eigenvalue weighted by Gasteiger charge is -2.06. The molecular weight excluding hydrogens is 340 g/mol. The van der Waals surface area contributed by atoms with Crippen LogP contribution in [0.2, 0.25) is 0 Å². The molecule has 1 amide bonds. The molecule has 1 heterocycles. The number of aryl methyl sites for hydroxylation is 2. The lowest BCUT2D eigenvalue weighted by atomic mass is 10.2. The number of rotatable bonds is 5. The molecular formula is C13H15BrN4OS. The largest absolute Gasteiger partial charge is 0.325 e. The second-order valence-electron chi connectivity index (χ2n) is 4.22. The van der Waals surface area contributed by atoms with E-state index in [9.17, 15) is 4.79 Å². The van der Waals surface area contributed by atoms with Crippen LogP contribution in [-0.4, -0.2) is 26.8 Å². The third-order valence-electron chi connectivity index (χ3n) is 2.62. The number of amides is 1. The molecule has 0 saturated carbocycles. The molecule has 2 rings (SSSR count). The van der Waals surface area contributed by atoms with Gasteiger partial charge in [0.2, 0.25) is 11.1 Å². The Morgan fingerprint density at radius 2 is 2.30 bits per heavy atom. The van der Waals surface area contributed by atoms with Gasteiger partial charge in [0.15, 0.2) is 0 Å². The van der Waals surface area contributed by atoms with Gasteiger partial charge >= 0.3 is 0 Å². The molecule has 1 aromatic heterocycles. The predicted molar refractivity (Wildman–Crippen MR) is 84.0 cm³/mol. The van der Waals surface area contributed by atoms with E-state index >= 15 is 0 Å². The molecule has 0 radical (unpaired) electrons. The number of aromatic nitrogens is 3. The zero-order valence-electron chi connectivity index (χ0n) is 11.2. The molecule has 0 aliphatic rings. The molecule has 0 fully saturated rings. The third-order valence-corrected chi connectivity index (χ3v) is 4.36. The smallest absolute Gasteiger partial charge is 0.234 e. The highest BCUT2D eigenvalue weighted by Gasteiger charge is 2.08. The van der Waals surface area contributed by atoms with Gasteiger partial charge in [-0.1, -0.05) is 34.6 Å². The number of H-pyrrole nitrogens is 1. The summed E-state index contributed by atoms with van der Waals surface area (Å²) in [6.07, 6.45) is 0.803. The Kier molecular flexibility index (Phi) is 5.19. The second-order valence-corrected chi connectivity index (χ2v) is 6.02. The van der Waals surface area contributed by atoms with Crippen LogP contribution in [0.5, 0.6) is 0 Å². The summed E-state index contributed by atoms with van der Waals surface area (Å²) in [5.41, 5.74) is 1.87. The Hall–Kier alpha value is -1.34. The molecule has 2 N–H and O–H groups in total. The van der Waals surface area contributed by atoms with E-state index in [0.717, 1.165) is 28.0 Å². The maximum absolute atomic E-state index is 11.8. The van der Waals surface area contributed by atoms with Crippen molar-refractivity contribution in [2.24, 2.45) is 0 Å². The van der Waals surface area contributed by atoms with Gasteiger partial charge in [-0.25, -0.2) is 4.98 Å². The summed E-state index contributed by atoms with van der Waals surface area (Å²) in [5.74, 6) is 1.05. The minimum absolute atomic E-state index is 0.0698. The van der Waals surface area contributed by atoms with E-state index in [1.165, 1.54) is 11.8 Å². The van der Waals surface area contributed by atoms with Gasteiger partial charge in [-0.05, 0) is 30.7 Å². The van der Waals surface area contributed by atoms with Gasteiger partial charge in [-0.15, -0.1) is 5.10 Å². The number of hydrogen-bond acceptors (Lipinski definition) is 4. The summed E-state index contributed by atoms with van der Waals surface area (Å²) in [6, 6.07) is 5.71. The highest BCUT2D eigenvalue weighted by atomic mass is 79.9. The first-order chi connectivity index (χ1) is 9.58. The van der Waals surface area contributed by atoms with Crippen molar-refractivity contribution in [1.82, 2.24) is 15.2 Å². The van der Waals surface area contributed by atoms with E-state index in [1.54, 1.807) is 0 Å². The van der Waals surface area contributed by atoms with Gasteiger partial charge in [0.05, 0.1) is 5.75 Å². The maximum atomic E-state index is 11.8. The van der Waals surface area contributed by atoms with Crippen LogP contribution in [-0.2, 0) is 11.2 Å². The van der Waals surface area contributed by atoms with Crippen molar-refractivity contribution in [2.45, 2.75) is 25.4 Å². The van der Waals surface area contributed by atoms with E-state index in [-0.39, 0.29) is 11.7 Å². The Morgan fingerprint density at radius 1 is 1.50 bits per heavy atom. The number of nitrogens with zero attached hydrogens (tertiary/aromatic N) is 2. The van der Waals surface area contributed by atoms with Crippen molar-refractivity contribution in [2.75, 3.05) is 11.1 Å². The Balaban J connectivity index is 1.87. The van der Waals surface area contributed by atoms with Crippen LogP contribution in [0.3, 0.4) is 0 Å². The average molecular weight is 355 g/mol. The molecule has 0 aliphatic heterocycles. The number of thioether (sulfide) groups is 1. The molecule has 0 bridgehead atoms. The second kappa shape index (κ2) is 6.90. The molecule has 7 heteroatoms. The van der Waals surface area contributed by atoms with Crippen molar-refractivity contribution < 1.29 is 4.79 Å². The van der Waals surface area contributed by atoms with E-state index < -0.39 is 0 Å². The highest BCUT2D eigenvalue weighted by Crippen LogP contribution is 2.20. The number of nitrogens with one attached hydrogen (secondary N) is 2. The van der Waals surface area contributed by atoms with Gasteiger partial charge in [0, 0.05) is 16.6 Å². The minimum atomic E-state index is -0.0698. The Morgan fingerprint density at radius 3 is 2.95 bits per heavy atom. The summed E-state index contributed by atoms with van der Waals surface area (Å²) in [5, 5.41) is 10.3. The van der Waals surface area contributed by atoms with Crippen molar-refractivity contribution in [3.8, 4) is 0 Å². The first kappa shape index (κ1) is 15.1. The van der Waals surface area contributed by atoms with Crippen LogP contribution in [0.4, 0.5) is 5.69 Å². The first-order valence-electron chi connectivity index (χ1n) is 6.18. The molecule has 20 heavy (non-hydrogen) atoms. The van der Waals surface area contributed by atoms with Crippen molar-refractivity contribution in [3.05, 3.63) is 34.1 Å². The van der Waals surface area contributed by atoms with Gasteiger partial charge in [-0.2, -0.15) is 0 Å². The van der Waals surface area contributed by atoms with E-state index in [2.05, 4.69) is 36.4 Å². The first-order valence-corrected chi connectivity index (χ1v) is 7.96. The Labute approximate surface area is 130 Å². The zero-order valence-corrected chi connectivity index (χ0v) is 13.6. The topological polar surface area (TPSA) is 70.7 Å². The lowest BCUT2D eigenvalue weighted by molar-refractivity contribution is -0.113. The quantitative estimate of drug-likeness (QED) is 0.809. The molecule has 0 saturated heterocycles. The summed E-state index contributed by atoms with van der Waals surface area (Å²) in [6.45, 7) is 3.98. The predicted octanol–water partition coefficient (Wildman–Crippen LogP) is 3.17. The van der Waals surface area contributed by atoms with Gasteiger partial charge in [0.25, 0.3) is 0 Å². The van der Waals surface area contributed by atoms with E-state index in [1.807, 2.05) is 32.0 Å². The summed E-state index contributed by atoms with van der Waals surface area (Å²) >= 11 is 4.75. The number of carbonyl (C=O) groups excluding carboxylic acids is 1. The van der Waals surface area contributed by atoms with Crippen LogP contribution >= 0.6 is 27.7 Å². The summed E-state index contributed by atoms with van der Waals surface area (Å²) in [4.78, 5) is 16.1. The molecule has 0 spiro atoms. The molecule has 2 aromatic rings. The van der Waals surface area contributed by atoms with Crippen molar-refractivity contribution in [1.29, 1.82) is 0 Å². The molecule has 0 unspecified atom stereocenters. The zero-order chi connectivity index (χ0) is 14.5. The molecule has 5 nitrogen and oxygen atoms in total. The van der Waals surface area contributed by atoms with Crippen LogP contribution in [0.15, 0.2) is 27.8 Å². The fraction of sp³-hybridized carbons (Fsp3) is 0.308. The van der Waals surface area contributed by atoms with Gasteiger partial charge in [-0.3, -0.25) is 9.89 Å². The minimum Gasteiger partial charge on any atom is -0.325 e. The third kappa shape index (κ3) is 4.08. The molecule has 0 aliphatic carbocycles. The molecule has 0 atom stereocenters. The van der Waals surface area contributed by atoms with Crippen molar-refractivity contribution >= 4 is 39.3 Å². The number of carbonyl (C=O) groups is 1. The van der Waals surface area contributed by atoms with Crippen LogP contribution in [0.25, 0.3) is 0 Å². The lowest BCUT2D eigenvalue weighted by Crippen LogP contribution is -2.14. The fourth-order valence-electron chi connectivity index (χ4n) is 1.55. The van der Waals surface area contributed by atoms with Crippen molar-refractivity contribution in [3.63, 3.8) is 0 Å². The summed E-state index contributed by atoms with van der Waals surface area (Å²) < 4.78 is 1.03. The van der Waals surface area contributed by atoms with Crippen LogP contribution in [0, 0.1) is 6.92 Å². The number of halogens is 1. The standard InChI is InChI=1S/C13H15BrN4OS/c1-3-11-16-13(18-17-11)20-7-12(19)15-9-4-5-10(14)8(2)6-9/h4-6H,3,7H2,1-2H3,(H,15,19)(H,16,17,18). The number of aromatic amines is 1. The number of hydrogen-bond donors (Lipinski definition) is 2. The monoisotopic (exact) mass is 354 g/mol. The van der Waals surface area contributed by atoms with Crippen LogP contribution < -0.4 is 5.32 Å². The number of anilines is 1. The molecule has 106 valence electrons. The summed E-state index contributed by atoms with van der Waals surface area (Å²) in [7, 11) is 0.